The molecule has 4 atom stereocenters. The number of nitrogens with one attached hydrogen (secondary N) is 3. The zero-order valence-electron chi connectivity index (χ0n) is 27.8. The molecule has 0 spiro atoms. The third-order valence-corrected chi connectivity index (χ3v) is 9.44. The number of anilines is 1. The molecule has 11 nitrogen and oxygen atoms in total. The molecule has 3 aromatic rings. The van der Waals surface area contributed by atoms with E-state index in [1.165, 1.54) is 35.1 Å². The van der Waals surface area contributed by atoms with Crippen LogP contribution in [0.5, 0.6) is 0 Å². The average Bonchev–Trinajstić information content (AvgIpc) is 3.73. The second-order valence-electron chi connectivity index (χ2n) is 12.5. The monoisotopic (exact) mass is 663 g/mol. The molecule has 1 fully saturated rings. The topological polar surface area (TPSA) is 129 Å². The van der Waals surface area contributed by atoms with Gasteiger partial charge in [-0.05, 0) is 73.8 Å². The molecule has 2 unspecified atom stereocenters. The molecule has 1 aliphatic carbocycles. The van der Waals surface area contributed by atoms with Gasteiger partial charge in [-0.3, -0.25) is 23.9 Å². The van der Waals surface area contributed by atoms with Gasteiger partial charge in [-0.15, -0.1) is 0 Å². The van der Waals surface area contributed by atoms with Crippen LogP contribution < -0.4 is 16.0 Å². The summed E-state index contributed by atoms with van der Waals surface area (Å²) in [4.78, 5) is 57.1. The lowest BCUT2D eigenvalue weighted by molar-refractivity contribution is -0.138. The molecule has 0 radical (unpaired) electrons. The smallest absolute Gasteiger partial charge is 0.270 e. The summed E-state index contributed by atoms with van der Waals surface area (Å²) in [6.07, 6.45) is 2.69. The number of aromatic nitrogens is 2. The predicted octanol–water partition coefficient (Wildman–Crippen LogP) is 3.42. The number of carbonyl (C=O) groups excluding carboxylic acids is 4. The van der Waals surface area contributed by atoms with E-state index in [0.29, 0.717) is 51.1 Å². The van der Waals surface area contributed by atoms with Gasteiger partial charge >= 0.3 is 0 Å². The van der Waals surface area contributed by atoms with Crippen LogP contribution in [-0.4, -0.2) is 88.5 Å². The zero-order valence-corrected chi connectivity index (χ0v) is 27.8. The van der Waals surface area contributed by atoms with Crippen LogP contribution in [0.3, 0.4) is 0 Å². The van der Waals surface area contributed by atoms with Gasteiger partial charge in [0, 0.05) is 57.2 Å². The SMILES string of the molecule is CCC(=O)N[C@@H](C(=O)N1CCN(C)CC1)[C@@H](C)c1ccc(NC(=O)C(NC(=O)c2ccnn2CC)C2CCc3cc(F)ccc32)c(F)c1. The van der Waals surface area contributed by atoms with Gasteiger partial charge in [0.25, 0.3) is 5.91 Å². The van der Waals surface area contributed by atoms with Crippen LogP contribution in [0.2, 0.25) is 0 Å². The van der Waals surface area contributed by atoms with Crippen molar-refractivity contribution in [3.05, 3.63) is 82.7 Å². The maximum absolute atomic E-state index is 15.7. The van der Waals surface area contributed by atoms with Crippen LogP contribution in [0, 0.1) is 11.6 Å². The largest absolute Gasteiger partial charge is 0.344 e. The average molecular weight is 664 g/mol. The van der Waals surface area contributed by atoms with Gasteiger partial charge in [-0.1, -0.05) is 26.0 Å². The number of halogens is 2. The second kappa shape index (κ2) is 15.1. The van der Waals surface area contributed by atoms with Gasteiger partial charge in [-0.25, -0.2) is 8.78 Å². The molecule has 1 saturated heterocycles. The molecule has 4 amide bonds. The third-order valence-electron chi connectivity index (χ3n) is 9.44. The molecule has 1 aromatic heterocycles. The number of likely N-dealkylation sites (N-methyl/N-ethyl adjacent to an activating group) is 1. The predicted molar refractivity (Wildman–Crippen MR) is 176 cm³/mol. The summed E-state index contributed by atoms with van der Waals surface area (Å²) in [5, 5.41) is 12.5. The Labute approximate surface area is 279 Å². The molecule has 256 valence electrons. The first-order valence-electron chi connectivity index (χ1n) is 16.5. The second-order valence-corrected chi connectivity index (χ2v) is 12.5. The molecule has 2 aromatic carbocycles. The van der Waals surface area contributed by atoms with Crippen LogP contribution in [0.25, 0.3) is 0 Å². The minimum atomic E-state index is -1.10. The van der Waals surface area contributed by atoms with E-state index >= 15 is 4.39 Å². The Kier molecular flexibility index (Phi) is 10.9. The number of hydrogen-bond acceptors (Lipinski definition) is 6. The summed E-state index contributed by atoms with van der Waals surface area (Å²) in [6.45, 7) is 8.22. The van der Waals surface area contributed by atoms with Gasteiger partial charge in [0.2, 0.25) is 17.7 Å². The number of hydrogen-bond donors (Lipinski definition) is 3. The molecular formula is C35H43F2N7O4. The van der Waals surface area contributed by atoms with E-state index in [2.05, 4.69) is 25.9 Å². The normalized spacial score (nSPS) is 18.0. The van der Waals surface area contributed by atoms with Crippen LogP contribution >= 0.6 is 0 Å². The molecule has 0 saturated carbocycles. The maximum Gasteiger partial charge on any atom is 0.270 e. The highest BCUT2D eigenvalue weighted by molar-refractivity contribution is 6.01. The number of piperazine rings is 1. The van der Waals surface area contributed by atoms with Gasteiger partial charge in [-0.2, -0.15) is 5.10 Å². The highest BCUT2D eigenvalue weighted by atomic mass is 19.1. The van der Waals surface area contributed by atoms with Crippen LogP contribution in [0.1, 0.15) is 72.6 Å². The quantitative estimate of drug-likeness (QED) is 0.289. The van der Waals surface area contributed by atoms with E-state index in [9.17, 15) is 23.6 Å². The number of amides is 4. The van der Waals surface area contributed by atoms with E-state index < -0.39 is 41.6 Å². The number of rotatable bonds is 11. The minimum Gasteiger partial charge on any atom is -0.344 e. The molecule has 1 aliphatic heterocycles. The van der Waals surface area contributed by atoms with E-state index in [4.69, 9.17) is 0 Å². The van der Waals surface area contributed by atoms with Crippen molar-refractivity contribution in [1.29, 1.82) is 0 Å². The van der Waals surface area contributed by atoms with Crippen LogP contribution in [-0.2, 0) is 27.3 Å². The number of benzene rings is 2. The Hall–Kier alpha value is -4.65. The Morgan fingerprint density at radius 1 is 0.979 bits per heavy atom. The zero-order chi connectivity index (χ0) is 34.5. The molecule has 2 aliphatic rings. The first-order chi connectivity index (χ1) is 23.0. The van der Waals surface area contributed by atoms with Crippen molar-refractivity contribution >= 4 is 29.3 Å². The summed E-state index contributed by atoms with van der Waals surface area (Å²) < 4.78 is 31.2. The Morgan fingerprint density at radius 3 is 2.42 bits per heavy atom. The maximum atomic E-state index is 15.7. The fourth-order valence-corrected chi connectivity index (χ4v) is 6.53. The van der Waals surface area contributed by atoms with Gasteiger partial charge in [0.15, 0.2) is 0 Å². The summed E-state index contributed by atoms with van der Waals surface area (Å²) >= 11 is 0. The Morgan fingerprint density at radius 2 is 1.73 bits per heavy atom. The van der Waals surface area contributed by atoms with Crippen molar-refractivity contribution < 1.29 is 28.0 Å². The summed E-state index contributed by atoms with van der Waals surface area (Å²) in [6, 6.07) is 8.22. The fourth-order valence-electron chi connectivity index (χ4n) is 6.53. The van der Waals surface area contributed by atoms with E-state index in [1.807, 2.05) is 14.0 Å². The van der Waals surface area contributed by atoms with Crippen molar-refractivity contribution in [3.8, 4) is 0 Å². The number of carbonyl (C=O) groups is 4. The summed E-state index contributed by atoms with van der Waals surface area (Å²) in [5.74, 6) is -3.83. The molecule has 48 heavy (non-hydrogen) atoms. The fraction of sp³-hybridized carbons (Fsp3) is 0.457. The van der Waals surface area contributed by atoms with E-state index in [-0.39, 0.29) is 35.4 Å². The highest BCUT2D eigenvalue weighted by Gasteiger charge is 2.37. The number of fused-ring (bicyclic) bond motifs is 1. The van der Waals surface area contributed by atoms with Crippen LogP contribution in [0.4, 0.5) is 14.5 Å². The van der Waals surface area contributed by atoms with Crippen molar-refractivity contribution in [2.75, 3.05) is 38.5 Å². The van der Waals surface area contributed by atoms with E-state index in [1.54, 1.807) is 36.9 Å². The summed E-state index contributed by atoms with van der Waals surface area (Å²) in [7, 11) is 1.98. The Bertz CT molecular complexity index is 1670. The summed E-state index contributed by atoms with van der Waals surface area (Å²) in [5.41, 5.74) is 2.14. The minimum absolute atomic E-state index is 0.106. The number of nitrogens with zero attached hydrogens (tertiary/aromatic N) is 4. The lowest BCUT2D eigenvalue weighted by atomic mass is 9.91. The van der Waals surface area contributed by atoms with Crippen molar-refractivity contribution in [2.24, 2.45) is 0 Å². The lowest BCUT2D eigenvalue weighted by Crippen LogP contribution is -2.55. The first kappa shape index (κ1) is 34.7. The van der Waals surface area contributed by atoms with Crippen molar-refractivity contribution in [2.45, 2.75) is 70.5 Å². The molecular weight excluding hydrogens is 620 g/mol. The van der Waals surface area contributed by atoms with E-state index in [0.717, 1.165) is 11.1 Å². The third kappa shape index (κ3) is 7.56. The molecule has 0 bridgehead atoms. The van der Waals surface area contributed by atoms with Gasteiger partial charge in [0.05, 0.1) is 5.69 Å². The first-order valence-corrected chi connectivity index (χ1v) is 16.5. The van der Waals surface area contributed by atoms with Crippen molar-refractivity contribution in [3.63, 3.8) is 0 Å². The molecule has 13 heteroatoms. The molecule has 5 rings (SSSR count). The van der Waals surface area contributed by atoms with Gasteiger partial charge in [0.1, 0.15) is 29.4 Å². The standard InChI is InChI=1S/C35H43F2N7O4/c1-5-30(45)40-31(35(48)43-17-15-42(4)16-18-43)21(3)22-8-12-28(27(37)20-22)39-34(47)32(41-33(46)29-13-14-38-44(29)6-2)26-10-7-23-19-24(36)9-11-25(23)26/h8-9,11-14,19-21,26,31-32H,5-7,10,15-18H2,1-4H3,(H,39,47)(H,40,45)(H,41,46)/t21-,26?,31+,32?/m0/s1. The van der Waals surface area contributed by atoms with Crippen molar-refractivity contribution in [1.82, 2.24) is 30.2 Å². The Balaban J connectivity index is 1.37. The lowest BCUT2D eigenvalue weighted by Gasteiger charge is -2.36. The van der Waals surface area contributed by atoms with Crippen LogP contribution in [0.15, 0.2) is 48.7 Å². The highest BCUT2D eigenvalue weighted by Crippen LogP contribution is 2.37. The number of aryl methyl sites for hydroxylation is 2. The molecule has 3 N–H and O–H groups in total. The van der Waals surface area contributed by atoms with Gasteiger partial charge < -0.3 is 25.8 Å². The molecule has 2 heterocycles.